The second-order valence-electron chi connectivity index (χ2n) is 6.97. The van der Waals surface area contributed by atoms with Gasteiger partial charge in [-0.05, 0) is 57.7 Å². The Labute approximate surface area is 149 Å². The highest BCUT2D eigenvalue weighted by molar-refractivity contribution is 5.94. The number of nitrogens with one attached hydrogen (secondary N) is 1. The lowest BCUT2D eigenvalue weighted by Crippen LogP contribution is -2.39. The fourth-order valence-electron chi connectivity index (χ4n) is 3.43. The second-order valence-corrected chi connectivity index (χ2v) is 6.97. The van der Waals surface area contributed by atoms with E-state index >= 15 is 0 Å². The van der Waals surface area contributed by atoms with Crippen molar-refractivity contribution in [1.82, 2.24) is 9.97 Å². The molecule has 0 unspecified atom stereocenters. The molecule has 0 bridgehead atoms. The van der Waals surface area contributed by atoms with Crippen LogP contribution in [0.3, 0.4) is 0 Å². The maximum Gasteiger partial charge on any atom is 0.227 e. The first kappa shape index (κ1) is 17.4. The Bertz CT molecular complexity index is 739. The molecule has 0 atom stereocenters. The quantitative estimate of drug-likeness (QED) is 0.929. The van der Waals surface area contributed by atoms with Crippen LogP contribution in [-0.2, 0) is 4.79 Å². The molecule has 1 aromatic heterocycles. The van der Waals surface area contributed by atoms with Crippen LogP contribution in [0, 0.1) is 33.6 Å². The lowest BCUT2D eigenvalue weighted by atomic mass is 9.95. The molecule has 0 spiro atoms. The van der Waals surface area contributed by atoms with E-state index in [1.807, 2.05) is 52.0 Å². The van der Waals surface area contributed by atoms with E-state index in [9.17, 15) is 4.79 Å². The van der Waals surface area contributed by atoms with Gasteiger partial charge < -0.3 is 10.2 Å². The average Bonchev–Trinajstić information content (AvgIpc) is 2.57. The molecule has 1 aliphatic rings. The van der Waals surface area contributed by atoms with Crippen molar-refractivity contribution >= 4 is 17.5 Å². The highest BCUT2D eigenvalue weighted by Crippen LogP contribution is 2.25. The fraction of sp³-hybridized carbons (Fsp3) is 0.450. The van der Waals surface area contributed by atoms with E-state index < -0.39 is 0 Å². The third-order valence-electron chi connectivity index (χ3n) is 4.85. The predicted octanol–water partition coefficient (Wildman–Crippen LogP) is 3.57. The summed E-state index contributed by atoms with van der Waals surface area (Å²) in [5, 5.41) is 3.13. The minimum atomic E-state index is 0.0427. The van der Waals surface area contributed by atoms with E-state index in [-0.39, 0.29) is 11.8 Å². The van der Waals surface area contributed by atoms with Crippen molar-refractivity contribution in [3.8, 4) is 0 Å². The Balaban J connectivity index is 1.63. The molecule has 1 N–H and O–H groups in total. The number of anilines is 2. The molecule has 1 saturated heterocycles. The zero-order valence-corrected chi connectivity index (χ0v) is 15.5. The number of benzene rings is 1. The molecule has 1 aromatic carbocycles. The molecular weight excluding hydrogens is 312 g/mol. The smallest absolute Gasteiger partial charge is 0.227 e. The van der Waals surface area contributed by atoms with E-state index in [1.165, 1.54) is 0 Å². The minimum Gasteiger partial charge on any atom is -0.341 e. The van der Waals surface area contributed by atoms with Crippen LogP contribution in [0.1, 0.15) is 35.4 Å². The van der Waals surface area contributed by atoms with E-state index in [1.54, 1.807) is 0 Å². The van der Waals surface area contributed by atoms with Crippen LogP contribution < -0.4 is 10.2 Å². The normalized spacial score (nSPS) is 15.3. The molecule has 0 radical (unpaired) electrons. The van der Waals surface area contributed by atoms with Crippen LogP contribution in [0.25, 0.3) is 0 Å². The number of carbonyl (C=O) groups excluding carboxylic acids is 1. The van der Waals surface area contributed by atoms with Gasteiger partial charge in [0.2, 0.25) is 11.9 Å². The summed E-state index contributed by atoms with van der Waals surface area (Å²) in [6.07, 6.45) is 1.65. The first-order valence-corrected chi connectivity index (χ1v) is 8.88. The molecule has 0 saturated carbocycles. The summed E-state index contributed by atoms with van der Waals surface area (Å²) >= 11 is 0. The van der Waals surface area contributed by atoms with Gasteiger partial charge in [-0.2, -0.15) is 0 Å². The van der Waals surface area contributed by atoms with Crippen LogP contribution in [0.15, 0.2) is 24.3 Å². The SMILES string of the molecule is Cc1cc(C)nc(N2CCC(C(=O)Nc3c(C)cccc3C)CC2)n1. The number of aryl methyl sites for hydroxylation is 4. The first-order chi connectivity index (χ1) is 11.9. The van der Waals surface area contributed by atoms with Crippen molar-refractivity contribution in [3.05, 3.63) is 46.8 Å². The van der Waals surface area contributed by atoms with Gasteiger partial charge in [0.05, 0.1) is 0 Å². The van der Waals surface area contributed by atoms with Crippen molar-refractivity contribution in [2.45, 2.75) is 40.5 Å². The number of amides is 1. The summed E-state index contributed by atoms with van der Waals surface area (Å²) < 4.78 is 0. The van der Waals surface area contributed by atoms with Crippen molar-refractivity contribution in [2.75, 3.05) is 23.3 Å². The second kappa shape index (κ2) is 7.21. The number of aromatic nitrogens is 2. The number of nitrogens with zero attached hydrogens (tertiary/aromatic N) is 3. The zero-order chi connectivity index (χ0) is 18.0. The number of hydrogen-bond donors (Lipinski definition) is 1. The average molecular weight is 338 g/mol. The Morgan fingerprint density at radius 1 is 1.04 bits per heavy atom. The van der Waals surface area contributed by atoms with Gasteiger partial charge in [-0.15, -0.1) is 0 Å². The van der Waals surface area contributed by atoms with Crippen molar-refractivity contribution in [1.29, 1.82) is 0 Å². The van der Waals surface area contributed by atoms with E-state index in [0.29, 0.717) is 0 Å². The Morgan fingerprint density at radius 2 is 1.60 bits per heavy atom. The van der Waals surface area contributed by atoms with Crippen molar-refractivity contribution in [3.63, 3.8) is 0 Å². The number of rotatable bonds is 3. The monoisotopic (exact) mass is 338 g/mol. The highest BCUT2D eigenvalue weighted by Gasteiger charge is 2.26. The third-order valence-corrected chi connectivity index (χ3v) is 4.85. The van der Waals surface area contributed by atoms with Gasteiger partial charge >= 0.3 is 0 Å². The lowest BCUT2D eigenvalue weighted by Gasteiger charge is -2.31. The first-order valence-electron chi connectivity index (χ1n) is 8.88. The van der Waals surface area contributed by atoms with E-state index in [4.69, 9.17) is 0 Å². The summed E-state index contributed by atoms with van der Waals surface area (Å²) in [6, 6.07) is 8.06. The molecule has 25 heavy (non-hydrogen) atoms. The largest absolute Gasteiger partial charge is 0.341 e. The molecule has 132 valence electrons. The molecule has 1 amide bonds. The molecule has 1 fully saturated rings. The zero-order valence-electron chi connectivity index (χ0n) is 15.5. The molecule has 2 aromatic rings. The van der Waals surface area contributed by atoms with E-state index in [0.717, 1.165) is 60.1 Å². The van der Waals surface area contributed by atoms with Crippen molar-refractivity contribution in [2.24, 2.45) is 5.92 Å². The summed E-state index contributed by atoms with van der Waals surface area (Å²) in [7, 11) is 0. The van der Waals surface area contributed by atoms with Gasteiger partial charge in [-0.1, -0.05) is 18.2 Å². The molecule has 2 heterocycles. The van der Waals surface area contributed by atoms with Crippen LogP contribution in [0.4, 0.5) is 11.6 Å². The van der Waals surface area contributed by atoms with Crippen LogP contribution in [-0.4, -0.2) is 29.0 Å². The minimum absolute atomic E-state index is 0.0427. The summed E-state index contributed by atoms with van der Waals surface area (Å²) in [6.45, 7) is 9.67. The summed E-state index contributed by atoms with van der Waals surface area (Å²) in [5.74, 6) is 0.950. The summed E-state index contributed by atoms with van der Waals surface area (Å²) in [4.78, 5) is 23.9. The Morgan fingerprint density at radius 3 is 2.16 bits per heavy atom. The van der Waals surface area contributed by atoms with Crippen molar-refractivity contribution < 1.29 is 4.79 Å². The molecular formula is C20H26N4O. The van der Waals surface area contributed by atoms with Gasteiger partial charge in [0.1, 0.15) is 0 Å². The highest BCUT2D eigenvalue weighted by atomic mass is 16.1. The van der Waals surface area contributed by atoms with Gasteiger partial charge in [0.15, 0.2) is 0 Å². The maximum atomic E-state index is 12.7. The molecule has 0 aliphatic carbocycles. The van der Waals surface area contributed by atoms with Crippen LogP contribution >= 0.6 is 0 Å². The number of piperidine rings is 1. The molecule has 1 aliphatic heterocycles. The molecule has 3 rings (SSSR count). The third kappa shape index (κ3) is 3.98. The standard InChI is InChI=1S/C20H26N4O/c1-13-6-5-7-14(2)18(13)23-19(25)17-8-10-24(11-9-17)20-21-15(3)12-16(4)22-20/h5-7,12,17H,8-11H2,1-4H3,(H,23,25). The van der Waals surface area contributed by atoms with Crippen LogP contribution in [0.5, 0.6) is 0 Å². The number of para-hydroxylation sites is 1. The van der Waals surface area contributed by atoms with E-state index in [2.05, 4.69) is 20.2 Å². The topological polar surface area (TPSA) is 58.1 Å². The molecule has 5 nitrogen and oxygen atoms in total. The van der Waals surface area contributed by atoms with Crippen LogP contribution in [0.2, 0.25) is 0 Å². The molecule has 5 heteroatoms. The van der Waals surface area contributed by atoms with Gasteiger partial charge in [0.25, 0.3) is 0 Å². The van der Waals surface area contributed by atoms with Gasteiger partial charge in [-0.3, -0.25) is 4.79 Å². The lowest BCUT2D eigenvalue weighted by molar-refractivity contribution is -0.120. The Kier molecular flexibility index (Phi) is 5.02. The predicted molar refractivity (Wildman–Crippen MR) is 101 cm³/mol. The van der Waals surface area contributed by atoms with Gasteiger partial charge in [-0.25, -0.2) is 9.97 Å². The summed E-state index contributed by atoms with van der Waals surface area (Å²) in [5.41, 5.74) is 5.13. The number of carbonyl (C=O) groups is 1. The fourth-order valence-corrected chi connectivity index (χ4v) is 3.43. The van der Waals surface area contributed by atoms with Gasteiger partial charge in [0, 0.05) is 36.1 Å². The Hall–Kier alpha value is -2.43. The maximum absolute atomic E-state index is 12.7. The number of hydrogen-bond acceptors (Lipinski definition) is 4.